The number of amides is 2. The lowest BCUT2D eigenvalue weighted by molar-refractivity contribution is -0.143. The Morgan fingerprint density at radius 3 is 2.11 bits per heavy atom. The second-order valence-electron chi connectivity index (χ2n) is 10.3. The van der Waals surface area contributed by atoms with Gasteiger partial charge in [-0.25, -0.2) is 9.18 Å². The number of benzene rings is 3. The van der Waals surface area contributed by atoms with Crippen molar-refractivity contribution in [2.45, 2.75) is 63.3 Å². The van der Waals surface area contributed by atoms with E-state index in [-0.39, 0.29) is 36.5 Å². The zero-order valence-electron chi connectivity index (χ0n) is 24.0. The fourth-order valence-corrected chi connectivity index (χ4v) is 4.88. The van der Waals surface area contributed by atoms with Crippen LogP contribution in [0.4, 0.5) is 35.5 Å². The van der Waals surface area contributed by atoms with Gasteiger partial charge in [-0.2, -0.15) is 26.3 Å². The van der Waals surface area contributed by atoms with Crippen LogP contribution in [-0.2, 0) is 34.1 Å². The molecule has 3 aromatic rings. The molecule has 0 saturated heterocycles. The highest BCUT2D eigenvalue weighted by molar-refractivity contribution is 5.76. The quantitative estimate of drug-likeness (QED) is 0.115. The highest BCUT2D eigenvalue weighted by Gasteiger charge is 2.40. The zero-order chi connectivity index (χ0) is 32.4. The van der Waals surface area contributed by atoms with Gasteiger partial charge in [0.1, 0.15) is 12.4 Å². The summed E-state index contributed by atoms with van der Waals surface area (Å²) in [5.74, 6) is -1.54. The molecule has 0 aromatic heterocycles. The van der Waals surface area contributed by atoms with E-state index in [1.165, 1.54) is 6.07 Å². The fraction of sp³-hybridized carbons (Fsp3) is 0.375. The second kappa shape index (κ2) is 15.1. The topological polar surface area (TPSA) is 67.4 Å². The summed E-state index contributed by atoms with van der Waals surface area (Å²) < 4.78 is 100. The summed E-state index contributed by atoms with van der Waals surface area (Å²) in [6.45, 7) is 0.308. The predicted molar refractivity (Wildman–Crippen MR) is 150 cm³/mol. The van der Waals surface area contributed by atoms with Gasteiger partial charge in [-0.3, -0.25) is 4.79 Å². The molecule has 1 atom stereocenters. The van der Waals surface area contributed by atoms with E-state index in [0.29, 0.717) is 43.4 Å². The maximum atomic E-state index is 14.8. The Bertz CT molecular complexity index is 1390. The molecule has 0 spiro atoms. The van der Waals surface area contributed by atoms with Gasteiger partial charge in [0, 0.05) is 12.8 Å². The zero-order valence-corrected chi connectivity index (χ0v) is 24.0. The first-order chi connectivity index (χ1) is 20.7. The van der Waals surface area contributed by atoms with Crippen molar-refractivity contribution in [1.82, 2.24) is 10.6 Å². The number of ether oxygens (including phenoxy) is 1. The molecule has 44 heavy (non-hydrogen) atoms. The van der Waals surface area contributed by atoms with Crippen LogP contribution in [0.1, 0.15) is 60.4 Å². The Balaban J connectivity index is 2.09. The lowest BCUT2D eigenvalue weighted by Gasteiger charge is -2.37. The minimum Gasteiger partial charge on any atom is -0.466 e. The molecule has 0 aliphatic carbocycles. The second-order valence-corrected chi connectivity index (χ2v) is 10.3. The van der Waals surface area contributed by atoms with Gasteiger partial charge in [-0.15, -0.1) is 0 Å². The smallest absolute Gasteiger partial charge is 0.416 e. The van der Waals surface area contributed by atoms with Gasteiger partial charge in [-0.05, 0) is 66.6 Å². The van der Waals surface area contributed by atoms with E-state index in [0.717, 1.165) is 11.6 Å². The molecule has 3 aromatic carbocycles. The maximum absolute atomic E-state index is 14.8. The van der Waals surface area contributed by atoms with Gasteiger partial charge in [-0.1, -0.05) is 61.0 Å². The summed E-state index contributed by atoms with van der Waals surface area (Å²) in [7, 11) is 0. The number of hydrogen-bond donors (Lipinski definition) is 2. The molecule has 0 bridgehead atoms. The minimum absolute atomic E-state index is 0.211. The number of carbonyl (C=O) groups excluding carboxylic acids is 2. The van der Waals surface area contributed by atoms with Gasteiger partial charge in [0.15, 0.2) is 0 Å². The summed E-state index contributed by atoms with van der Waals surface area (Å²) in [5.41, 5.74) is -2.06. The molecule has 1 unspecified atom stereocenters. The van der Waals surface area contributed by atoms with Crippen LogP contribution >= 0.6 is 0 Å². The Kier molecular flexibility index (Phi) is 11.8. The van der Waals surface area contributed by atoms with Crippen molar-refractivity contribution < 1.29 is 45.1 Å². The van der Waals surface area contributed by atoms with Crippen molar-refractivity contribution in [1.29, 1.82) is 0 Å². The van der Waals surface area contributed by atoms with E-state index in [1.807, 2.05) is 0 Å². The van der Waals surface area contributed by atoms with E-state index < -0.39 is 41.8 Å². The minimum atomic E-state index is -4.95. The van der Waals surface area contributed by atoms with Gasteiger partial charge in [0.05, 0.1) is 17.7 Å². The monoisotopic (exact) mass is 626 g/mol. The molecular formula is C32H33F7N2O3. The van der Waals surface area contributed by atoms with Crippen LogP contribution in [0.5, 0.6) is 0 Å². The first-order valence-corrected chi connectivity index (χ1v) is 14.0. The first-order valence-electron chi connectivity index (χ1n) is 14.0. The van der Waals surface area contributed by atoms with Crippen molar-refractivity contribution in [3.05, 3.63) is 106 Å². The number of hydrogen-bond acceptors (Lipinski definition) is 3. The molecule has 0 radical (unpaired) electrons. The Morgan fingerprint density at radius 1 is 0.773 bits per heavy atom. The molecular weight excluding hydrogens is 593 g/mol. The SMILES string of the molecule is CCOC(=O)CCCCCc1cccc(C(Cc2ccccc2)(NC(=O)NCC(F)(F)F)c2cc(F)cc(C(F)(F)F)c2)c1. The lowest BCUT2D eigenvalue weighted by Crippen LogP contribution is -2.53. The van der Waals surface area contributed by atoms with Gasteiger partial charge < -0.3 is 15.4 Å². The molecule has 0 saturated carbocycles. The number of aryl methyl sites for hydroxylation is 1. The summed E-state index contributed by atoms with van der Waals surface area (Å²) in [6, 6.07) is 15.4. The molecule has 2 N–H and O–H groups in total. The number of carbonyl (C=O) groups is 2. The van der Waals surface area contributed by atoms with Crippen molar-refractivity contribution in [3.63, 3.8) is 0 Å². The van der Waals surface area contributed by atoms with Crippen LogP contribution < -0.4 is 10.6 Å². The van der Waals surface area contributed by atoms with Crippen molar-refractivity contribution in [2.75, 3.05) is 13.2 Å². The van der Waals surface area contributed by atoms with Crippen molar-refractivity contribution in [2.24, 2.45) is 0 Å². The average Bonchev–Trinajstić information content (AvgIpc) is 2.95. The van der Waals surface area contributed by atoms with Crippen LogP contribution in [-0.4, -0.2) is 31.3 Å². The molecule has 0 fully saturated rings. The Hall–Kier alpha value is -4.09. The molecule has 0 aliphatic rings. The summed E-state index contributed by atoms with van der Waals surface area (Å²) in [4.78, 5) is 24.6. The van der Waals surface area contributed by atoms with Crippen LogP contribution in [0.25, 0.3) is 0 Å². The highest BCUT2D eigenvalue weighted by atomic mass is 19.4. The molecule has 0 heterocycles. The largest absolute Gasteiger partial charge is 0.466 e. The standard InChI is InChI=1S/C32H33F7N2O3/c1-2-44-28(42)15-8-4-5-10-22-13-9-14-24(16-22)30(20-23-11-6-3-7-12-23,41-29(43)40-21-31(34,35)36)25-17-26(32(37,38)39)19-27(33)18-25/h3,6-7,9,11-14,16-19H,2,4-5,8,10,15,20-21H2,1H3,(H2,40,41,43). The number of urea groups is 1. The van der Waals surface area contributed by atoms with Crippen LogP contribution in [0, 0.1) is 5.82 Å². The predicted octanol–water partition coefficient (Wildman–Crippen LogP) is 7.86. The van der Waals surface area contributed by atoms with E-state index >= 15 is 0 Å². The fourth-order valence-electron chi connectivity index (χ4n) is 4.88. The lowest BCUT2D eigenvalue weighted by atomic mass is 9.76. The third-order valence-electron chi connectivity index (χ3n) is 6.88. The van der Waals surface area contributed by atoms with Crippen molar-refractivity contribution >= 4 is 12.0 Å². The van der Waals surface area contributed by atoms with Crippen LogP contribution in [0.2, 0.25) is 0 Å². The molecule has 5 nitrogen and oxygen atoms in total. The number of halogens is 7. The number of alkyl halides is 6. The van der Waals surface area contributed by atoms with E-state index in [2.05, 4.69) is 5.32 Å². The summed E-state index contributed by atoms with van der Waals surface area (Å²) in [6.07, 6.45) is -7.26. The maximum Gasteiger partial charge on any atom is 0.416 e. The molecule has 238 valence electrons. The summed E-state index contributed by atoms with van der Waals surface area (Å²) >= 11 is 0. The van der Waals surface area contributed by atoms with Gasteiger partial charge >= 0.3 is 24.4 Å². The van der Waals surface area contributed by atoms with Gasteiger partial charge in [0.2, 0.25) is 0 Å². The highest BCUT2D eigenvalue weighted by Crippen LogP contribution is 2.38. The third-order valence-corrected chi connectivity index (χ3v) is 6.88. The first kappa shape index (κ1) is 34.4. The van der Waals surface area contributed by atoms with Gasteiger partial charge in [0.25, 0.3) is 0 Å². The molecule has 12 heteroatoms. The van der Waals surface area contributed by atoms with Crippen molar-refractivity contribution in [3.8, 4) is 0 Å². The molecule has 3 rings (SSSR count). The number of rotatable bonds is 13. The normalized spacial score (nSPS) is 13.2. The Morgan fingerprint density at radius 2 is 1.45 bits per heavy atom. The molecule has 0 aliphatic heterocycles. The average molecular weight is 627 g/mol. The number of unbranched alkanes of at least 4 members (excludes halogenated alkanes) is 2. The van der Waals surface area contributed by atoms with E-state index in [9.17, 15) is 40.3 Å². The van der Waals surface area contributed by atoms with E-state index in [1.54, 1.807) is 60.8 Å². The summed E-state index contributed by atoms with van der Waals surface area (Å²) in [5, 5.41) is 4.20. The van der Waals surface area contributed by atoms with E-state index in [4.69, 9.17) is 4.74 Å². The van der Waals surface area contributed by atoms with Crippen LogP contribution in [0.15, 0.2) is 72.8 Å². The number of nitrogens with one attached hydrogen (secondary N) is 2. The van der Waals surface area contributed by atoms with Crippen LogP contribution in [0.3, 0.4) is 0 Å². The molecule has 2 amide bonds. The Labute approximate surface area is 250 Å². The third kappa shape index (κ3) is 10.3. The number of esters is 1.